The Kier molecular flexibility index (Phi) is 3.58. The lowest BCUT2D eigenvalue weighted by molar-refractivity contribution is -0.385. The topological polar surface area (TPSA) is 105 Å². The molecule has 18 heavy (non-hydrogen) atoms. The monoisotopic (exact) mass is 315 g/mol. The number of nitro groups is 1. The number of halogens is 1. The minimum atomic E-state index is -0.980. The fourth-order valence-corrected chi connectivity index (χ4v) is 2.39. The highest BCUT2D eigenvalue weighted by Gasteiger charge is 2.30. The molecule has 8 heteroatoms. The molecule has 0 bridgehead atoms. The van der Waals surface area contributed by atoms with E-state index in [0.717, 1.165) is 6.20 Å². The van der Waals surface area contributed by atoms with Gasteiger partial charge in [0.25, 0.3) is 5.69 Å². The molecule has 2 N–H and O–H groups in total. The van der Waals surface area contributed by atoms with E-state index in [1.54, 1.807) is 0 Å². The van der Waals surface area contributed by atoms with Crippen LogP contribution in [0.4, 0.5) is 5.69 Å². The average molecular weight is 316 g/mol. The predicted molar refractivity (Wildman–Crippen MR) is 64.7 cm³/mol. The van der Waals surface area contributed by atoms with Gasteiger partial charge in [-0.15, -0.1) is 0 Å². The molecule has 1 aromatic rings. The number of rotatable bonds is 3. The van der Waals surface area contributed by atoms with Gasteiger partial charge in [-0.2, -0.15) is 0 Å². The van der Waals surface area contributed by atoms with Crippen molar-refractivity contribution < 1.29 is 14.8 Å². The van der Waals surface area contributed by atoms with E-state index in [1.165, 1.54) is 6.07 Å². The first kappa shape index (κ1) is 12.9. The molecule has 96 valence electrons. The molecule has 1 fully saturated rings. The molecule has 0 spiro atoms. The Morgan fingerprint density at radius 3 is 2.89 bits per heavy atom. The van der Waals surface area contributed by atoms with Crippen molar-refractivity contribution >= 4 is 27.5 Å². The molecule has 1 unspecified atom stereocenters. The quantitative estimate of drug-likeness (QED) is 0.641. The summed E-state index contributed by atoms with van der Waals surface area (Å²) in [6.45, 7) is 0. The maximum absolute atomic E-state index is 11.1. The van der Waals surface area contributed by atoms with Crippen molar-refractivity contribution in [3.8, 4) is 0 Å². The number of hydrogen-bond donors (Lipinski definition) is 2. The Balaban J connectivity index is 2.23. The predicted octanol–water partition coefficient (Wildman–Crippen LogP) is 1.06. The van der Waals surface area contributed by atoms with E-state index in [2.05, 4.69) is 26.2 Å². The highest BCUT2D eigenvalue weighted by Crippen LogP contribution is 2.29. The first-order chi connectivity index (χ1) is 8.49. The number of amides is 1. The summed E-state index contributed by atoms with van der Waals surface area (Å²) in [6.07, 6.45) is 0.990. The lowest BCUT2D eigenvalue weighted by Crippen LogP contribution is -2.31. The molecule has 2 heterocycles. The van der Waals surface area contributed by atoms with E-state index in [9.17, 15) is 20.0 Å². The van der Waals surface area contributed by atoms with Crippen LogP contribution in [0.3, 0.4) is 0 Å². The lowest BCUT2D eigenvalue weighted by Gasteiger charge is -2.18. The summed E-state index contributed by atoms with van der Waals surface area (Å²) in [6, 6.07) is 0.880. The molecule has 1 amide bonds. The van der Waals surface area contributed by atoms with Crippen LogP contribution >= 0.6 is 15.9 Å². The summed E-state index contributed by atoms with van der Waals surface area (Å²) in [4.78, 5) is 24.9. The fourth-order valence-electron chi connectivity index (χ4n) is 1.82. The summed E-state index contributed by atoms with van der Waals surface area (Å²) >= 11 is 3.14. The number of aromatic nitrogens is 1. The summed E-state index contributed by atoms with van der Waals surface area (Å²) in [5.41, 5.74) is 0.126. The molecule has 1 aromatic heterocycles. The number of carbonyl (C=O) groups is 1. The number of carbonyl (C=O) groups excluding carboxylic acids is 1. The second-order valence-corrected chi connectivity index (χ2v) is 4.83. The minimum absolute atomic E-state index is 0.114. The largest absolute Gasteiger partial charge is 0.385 e. The summed E-state index contributed by atoms with van der Waals surface area (Å²) in [5, 5.41) is 23.3. The van der Waals surface area contributed by atoms with Gasteiger partial charge in [-0.3, -0.25) is 19.9 Å². The van der Waals surface area contributed by atoms with Crippen LogP contribution < -0.4 is 5.32 Å². The molecule has 1 aliphatic rings. The van der Waals surface area contributed by atoms with Gasteiger partial charge in [0.2, 0.25) is 5.91 Å². The van der Waals surface area contributed by atoms with Crippen LogP contribution in [0.1, 0.15) is 24.6 Å². The van der Waals surface area contributed by atoms with Crippen LogP contribution in [0.5, 0.6) is 0 Å². The Morgan fingerprint density at radius 1 is 1.67 bits per heavy atom. The maximum atomic E-state index is 11.1. The molecule has 0 radical (unpaired) electrons. The van der Waals surface area contributed by atoms with E-state index in [0.29, 0.717) is 17.3 Å². The van der Waals surface area contributed by atoms with Crippen LogP contribution in [-0.2, 0) is 4.79 Å². The molecule has 2 rings (SSSR count). The Morgan fingerprint density at radius 2 is 2.39 bits per heavy atom. The van der Waals surface area contributed by atoms with Crippen molar-refractivity contribution in [1.82, 2.24) is 10.3 Å². The number of nitrogens with zero attached hydrogens (tertiary/aromatic N) is 2. The van der Waals surface area contributed by atoms with Crippen molar-refractivity contribution in [2.45, 2.75) is 25.0 Å². The summed E-state index contributed by atoms with van der Waals surface area (Å²) < 4.78 is 0.352. The summed E-state index contributed by atoms with van der Waals surface area (Å²) in [5.74, 6) is -0.114. The van der Waals surface area contributed by atoms with Crippen LogP contribution in [-0.4, -0.2) is 27.0 Å². The second kappa shape index (κ2) is 4.99. The first-order valence-electron chi connectivity index (χ1n) is 5.26. The zero-order chi connectivity index (χ0) is 13.3. The van der Waals surface area contributed by atoms with Gasteiger partial charge in [0.05, 0.1) is 16.7 Å². The number of pyridine rings is 1. The van der Waals surface area contributed by atoms with Gasteiger partial charge < -0.3 is 10.4 Å². The van der Waals surface area contributed by atoms with Gasteiger partial charge in [0, 0.05) is 17.0 Å². The highest BCUT2D eigenvalue weighted by atomic mass is 79.9. The van der Waals surface area contributed by atoms with E-state index >= 15 is 0 Å². The molecule has 1 saturated heterocycles. The second-order valence-electron chi connectivity index (χ2n) is 3.98. The molecule has 0 aliphatic carbocycles. The van der Waals surface area contributed by atoms with Crippen molar-refractivity contribution in [3.63, 3.8) is 0 Å². The smallest absolute Gasteiger partial charge is 0.288 e. The number of aliphatic hydroxyl groups excluding tert-OH is 1. The minimum Gasteiger partial charge on any atom is -0.385 e. The van der Waals surface area contributed by atoms with E-state index in [-0.39, 0.29) is 17.3 Å². The maximum Gasteiger partial charge on any atom is 0.288 e. The first-order valence-corrected chi connectivity index (χ1v) is 6.05. The van der Waals surface area contributed by atoms with Gasteiger partial charge in [-0.1, -0.05) is 0 Å². The van der Waals surface area contributed by atoms with Crippen LogP contribution in [0.25, 0.3) is 0 Å². The molecule has 2 atom stereocenters. The van der Waals surface area contributed by atoms with Gasteiger partial charge in [-0.05, 0) is 22.4 Å². The van der Waals surface area contributed by atoms with Gasteiger partial charge >= 0.3 is 0 Å². The molecular formula is C10H10BrN3O4. The zero-order valence-electron chi connectivity index (χ0n) is 9.17. The molecule has 0 saturated carbocycles. The van der Waals surface area contributed by atoms with E-state index in [1.807, 2.05) is 0 Å². The number of hydrogen-bond acceptors (Lipinski definition) is 5. The normalized spacial score (nSPS) is 20.6. The Bertz CT molecular complexity index is 508. The van der Waals surface area contributed by atoms with Crippen LogP contribution in [0, 0.1) is 10.1 Å². The molecule has 7 nitrogen and oxygen atoms in total. The van der Waals surface area contributed by atoms with Crippen molar-refractivity contribution in [2.75, 3.05) is 0 Å². The number of aliphatic hydroxyl groups is 1. The summed E-state index contributed by atoms with van der Waals surface area (Å²) in [7, 11) is 0. The Hall–Kier alpha value is -1.54. The van der Waals surface area contributed by atoms with Crippen molar-refractivity contribution in [1.29, 1.82) is 0 Å². The van der Waals surface area contributed by atoms with E-state index < -0.39 is 17.1 Å². The van der Waals surface area contributed by atoms with Crippen molar-refractivity contribution in [2.24, 2.45) is 0 Å². The van der Waals surface area contributed by atoms with Gasteiger partial charge in [0.1, 0.15) is 12.3 Å². The van der Waals surface area contributed by atoms with Gasteiger partial charge in [-0.25, -0.2) is 0 Å². The van der Waals surface area contributed by atoms with Crippen molar-refractivity contribution in [3.05, 3.63) is 32.5 Å². The number of nitrogens with one attached hydrogen (secondary N) is 1. The lowest BCUT2D eigenvalue weighted by atomic mass is 10.1. The Labute approximate surface area is 110 Å². The molecule has 0 aromatic carbocycles. The molecule has 1 aliphatic heterocycles. The zero-order valence-corrected chi connectivity index (χ0v) is 10.8. The highest BCUT2D eigenvalue weighted by molar-refractivity contribution is 9.10. The van der Waals surface area contributed by atoms with Crippen LogP contribution in [0.15, 0.2) is 16.7 Å². The molecular weight excluding hydrogens is 306 g/mol. The standard InChI is InChI=1S/C10H10BrN3O4/c11-6-3-5(14(17)18)4-12-9(6)10(16)7-1-2-8(15)13-7/h3-4,7,10,16H,1-2H2,(H,13,15)/t7-,10?/m0/s1. The third-order valence-electron chi connectivity index (χ3n) is 2.76. The third-order valence-corrected chi connectivity index (χ3v) is 3.39. The average Bonchev–Trinajstić information content (AvgIpc) is 2.74. The fraction of sp³-hybridized carbons (Fsp3) is 0.400. The van der Waals surface area contributed by atoms with E-state index in [4.69, 9.17) is 0 Å². The SMILES string of the molecule is O=C1CC[C@@H](C(O)c2ncc([N+](=O)[O-])cc2Br)N1. The van der Waals surface area contributed by atoms with Gasteiger partial charge in [0.15, 0.2) is 0 Å². The third kappa shape index (κ3) is 2.49. The van der Waals surface area contributed by atoms with Crippen LogP contribution in [0.2, 0.25) is 0 Å².